The highest BCUT2D eigenvalue weighted by molar-refractivity contribution is 5.96. The monoisotopic (exact) mass is 236 g/mol. The van der Waals surface area contributed by atoms with Crippen LogP contribution < -0.4 is 5.32 Å². The second-order valence-corrected chi connectivity index (χ2v) is 4.23. The number of aliphatic hydroxyl groups excluding tert-OH is 1. The molecule has 0 radical (unpaired) electrons. The number of carbonyl (C=O) groups excluding carboxylic acids is 1. The number of phenols is 1. The van der Waals surface area contributed by atoms with Crippen molar-refractivity contribution in [3.8, 4) is 5.75 Å². The van der Waals surface area contributed by atoms with Gasteiger partial charge in [0.25, 0.3) is 5.91 Å². The number of likely N-dealkylation sites (N-methyl/N-ethyl adjacent to an activating group) is 1. The number of β-amino-alcohol motifs (C(OH)–C–C–N with tert-alkyl or cyclic N) is 1. The molecule has 0 bridgehead atoms. The number of para-hydroxylation sites is 1. The van der Waals surface area contributed by atoms with Crippen LogP contribution in [0.2, 0.25) is 0 Å². The van der Waals surface area contributed by atoms with E-state index < -0.39 is 6.10 Å². The molecule has 0 saturated carbocycles. The first-order valence-corrected chi connectivity index (χ1v) is 5.55. The van der Waals surface area contributed by atoms with Gasteiger partial charge in [-0.3, -0.25) is 4.79 Å². The van der Waals surface area contributed by atoms with E-state index >= 15 is 0 Å². The van der Waals surface area contributed by atoms with Gasteiger partial charge < -0.3 is 20.4 Å². The summed E-state index contributed by atoms with van der Waals surface area (Å²) < 4.78 is 0. The van der Waals surface area contributed by atoms with Crippen LogP contribution in [0.1, 0.15) is 10.4 Å². The molecule has 1 aliphatic heterocycles. The fourth-order valence-electron chi connectivity index (χ4n) is 2.04. The highest BCUT2D eigenvalue weighted by Crippen LogP contribution is 2.19. The largest absolute Gasteiger partial charge is 0.507 e. The Labute approximate surface area is 99.7 Å². The van der Waals surface area contributed by atoms with Gasteiger partial charge in [-0.1, -0.05) is 12.1 Å². The first-order chi connectivity index (χ1) is 8.11. The molecule has 1 aromatic carbocycles. The maximum Gasteiger partial charge on any atom is 0.257 e. The van der Waals surface area contributed by atoms with Crippen molar-refractivity contribution in [3.63, 3.8) is 0 Å². The molecule has 1 amide bonds. The predicted octanol–water partition coefficient (Wildman–Crippen LogP) is -0.203. The Balaban J connectivity index is 2.17. The fraction of sp³-hybridized carbons (Fsp3) is 0.417. The van der Waals surface area contributed by atoms with E-state index in [1.54, 1.807) is 25.2 Å². The van der Waals surface area contributed by atoms with Crippen molar-refractivity contribution < 1.29 is 15.0 Å². The number of aromatic hydroxyl groups is 1. The van der Waals surface area contributed by atoms with Crippen molar-refractivity contribution in [2.24, 2.45) is 0 Å². The van der Waals surface area contributed by atoms with E-state index in [2.05, 4.69) is 5.32 Å². The Morgan fingerprint density at radius 3 is 2.71 bits per heavy atom. The summed E-state index contributed by atoms with van der Waals surface area (Å²) in [4.78, 5) is 13.6. The van der Waals surface area contributed by atoms with Gasteiger partial charge in [-0.05, 0) is 12.1 Å². The topological polar surface area (TPSA) is 72.8 Å². The summed E-state index contributed by atoms with van der Waals surface area (Å²) in [6, 6.07) is 6.16. The Hall–Kier alpha value is -1.59. The summed E-state index contributed by atoms with van der Waals surface area (Å²) in [5.74, 6) is -0.319. The fourth-order valence-corrected chi connectivity index (χ4v) is 2.04. The maximum absolute atomic E-state index is 12.1. The normalized spacial score (nSPS) is 23.6. The SMILES string of the molecule is CN(C(=O)c1ccccc1O)[C@H]1CNC[C@@H]1O. The molecular formula is C12H16N2O3. The van der Waals surface area contributed by atoms with Crippen molar-refractivity contribution in [1.29, 1.82) is 0 Å². The number of nitrogens with zero attached hydrogens (tertiary/aromatic N) is 1. The smallest absolute Gasteiger partial charge is 0.257 e. The molecule has 0 aromatic heterocycles. The van der Waals surface area contributed by atoms with Crippen molar-refractivity contribution in [2.75, 3.05) is 20.1 Å². The molecule has 5 heteroatoms. The number of hydrogen-bond acceptors (Lipinski definition) is 4. The van der Waals surface area contributed by atoms with E-state index in [9.17, 15) is 15.0 Å². The van der Waals surface area contributed by atoms with E-state index in [4.69, 9.17) is 0 Å². The standard InChI is InChI=1S/C12H16N2O3/c1-14(9-6-13-7-11(9)16)12(17)8-4-2-3-5-10(8)15/h2-5,9,11,13,15-16H,6-7H2,1H3/t9-,11-/m0/s1. The second kappa shape index (κ2) is 4.73. The van der Waals surface area contributed by atoms with Crippen LogP contribution in [-0.4, -0.2) is 53.3 Å². The summed E-state index contributed by atoms with van der Waals surface area (Å²) in [6.07, 6.45) is -0.560. The van der Waals surface area contributed by atoms with Gasteiger partial charge in [0.1, 0.15) is 5.75 Å². The average Bonchev–Trinajstić information content (AvgIpc) is 2.74. The lowest BCUT2D eigenvalue weighted by molar-refractivity contribution is 0.0578. The summed E-state index contributed by atoms with van der Waals surface area (Å²) in [5, 5.41) is 22.3. The number of rotatable bonds is 2. The van der Waals surface area contributed by atoms with Crippen LogP contribution in [0, 0.1) is 0 Å². The van der Waals surface area contributed by atoms with Gasteiger partial charge in [-0.15, -0.1) is 0 Å². The third-order valence-corrected chi connectivity index (χ3v) is 3.10. The number of phenolic OH excluding ortho intramolecular Hbond substituents is 1. The molecule has 0 unspecified atom stereocenters. The minimum absolute atomic E-state index is 0.0372. The Bertz CT molecular complexity index is 422. The molecule has 2 atom stereocenters. The van der Waals surface area contributed by atoms with E-state index in [0.717, 1.165) is 0 Å². The zero-order valence-corrected chi connectivity index (χ0v) is 9.63. The van der Waals surface area contributed by atoms with Gasteiger partial charge in [-0.2, -0.15) is 0 Å². The molecule has 0 aliphatic carbocycles. The summed E-state index contributed by atoms with van der Waals surface area (Å²) in [5.41, 5.74) is 0.258. The van der Waals surface area contributed by atoms with Gasteiger partial charge in [-0.25, -0.2) is 0 Å². The number of benzene rings is 1. The summed E-state index contributed by atoms with van der Waals surface area (Å²) in [7, 11) is 1.63. The molecule has 5 nitrogen and oxygen atoms in total. The lowest BCUT2D eigenvalue weighted by atomic mass is 10.1. The third-order valence-electron chi connectivity index (χ3n) is 3.10. The maximum atomic E-state index is 12.1. The van der Waals surface area contributed by atoms with Crippen LogP contribution in [0.25, 0.3) is 0 Å². The lowest BCUT2D eigenvalue weighted by Crippen LogP contribution is -2.44. The first kappa shape index (κ1) is 11.9. The molecule has 3 N–H and O–H groups in total. The summed E-state index contributed by atoms with van der Waals surface area (Å²) in [6.45, 7) is 1.06. The highest BCUT2D eigenvalue weighted by atomic mass is 16.3. The quantitative estimate of drug-likeness (QED) is 0.665. The van der Waals surface area contributed by atoms with Crippen molar-refractivity contribution >= 4 is 5.91 Å². The van der Waals surface area contributed by atoms with Crippen LogP contribution >= 0.6 is 0 Å². The van der Waals surface area contributed by atoms with Gasteiger partial charge in [0, 0.05) is 20.1 Å². The molecular weight excluding hydrogens is 220 g/mol. The molecule has 17 heavy (non-hydrogen) atoms. The summed E-state index contributed by atoms with van der Waals surface area (Å²) >= 11 is 0. The van der Waals surface area contributed by atoms with Crippen LogP contribution in [-0.2, 0) is 0 Å². The number of carbonyl (C=O) groups is 1. The van der Waals surface area contributed by atoms with Gasteiger partial charge in [0.05, 0.1) is 17.7 Å². The number of amides is 1. The third kappa shape index (κ3) is 2.25. The molecule has 0 spiro atoms. The first-order valence-electron chi connectivity index (χ1n) is 5.55. The zero-order chi connectivity index (χ0) is 12.4. The number of hydrogen-bond donors (Lipinski definition) is 3. The van der Waals surface area contributed by atoms with Crippen LogP contribution in [0.4, 0.5) is 0 Å². The van der Waals surface area contributed by atoms with Crippen molar-refractivity contribution in [3.05, 3.63) is 29.8 Å². The minimum Gasteiger partial charge on any atom is -0.507 e. The van der Waals surface area contributed by atoms with E-state index in [1.807, 2.05) is 0 Å². The molecule has 1 aromatic rings. The predicted molar refractivity (Wildman–Crippen MR) is 62.9 cm³/mol. The highest BCUT2D eigenvalue weighted by Gasteiger charge is 2.32. The second-order valence-electron chi connectivity index (χ2n) is 4.23. The Kier molecular flexibility index (Phi) is 3.31. The van der Waals surface area contributed by atoms with Crippen LogP contribution in [0.5, 0.6) is 5.75 Å². The van der Waals surface area contributed by atoms with Crippen molar-refractivity contribution in [1.82, 2.24) is 10.2 Å². The van der Waals surface area contributed by atoms with Gasteiger partial charge in [0.2, 0.25) is 0 Å². The van der Waals surface area contributed by atoms with E-state index in [1.165, 1.54) is 11.0 Å². The Morgan fingerprint density at radius 2 is 2.12 bits per heavy atom. The van der Waals surface area contributed by atoms with Crippen molar-refractivity contribution in [2.45, 2.75) is 12.1 Å². The zero-order valence-electron chi connectivity index (χ0n) is 9.63. The molecule has 1 fully saturated rings. The lowest BCUT2D eigenvalue weighted by Gasteiger charge is -2.26. The molecule has 1 saturated heterocycles. The number of nitrogens with one attached hydrogen (secondary N) is 1. The molecule has 2 rings (SSSR count). The van der Waals surface area contributed by atoms with Crippen LogP contribution in [0.15, 0.2) is 24.3 Å². The number of aliphatic hydroxyl groups is 1. The minimum atomic E-state index is -0.560. The van der Waals surface area contributed by atoms with Gasteiger partial charge in [0.15, 0.2) is 0 Å². The Morgan fingerprint density at radius 1 is 1.41 bits per heavy atom. The molecule has 1 heterocycles. The molecule has 92 valence electrons. The average molecular weight is 236 g/mol. The molecule has 1 aliphatic rings. The van der Waals surface area contributed by atoms with Crippen LogP contribution in [0.3, 0.4) is 0 Å². The van der Waals surface area contributed by atoms with E-state index in [0.29, 0.717) is 13.1 Å². The van der Waals surface area contributed by atoms with Gasteiger partial charge >= 0.3 is 0 Å². The van der Waals surface area contributed by atoms with E-state index in [-0.39, 0.29) is 23.3 Å².